The predicted octanol–water partition coefficient (Wildman–Crippen LogP) is 3.04. The van der Waals surface area contributed by atoms with Crippen LogP contribution in [-0.4, -0.2) is 5.97 Å². The molecule has 0 radical (unpaired) electrons. The molecule has 0 spiro atoms. The molecule has 4 heteroatoms. The maximum absolute atomic E-state index is 10.9. The summed E-state index contributed by atoms with van der Waals surface area (Å²) in [5.41, 5.74) is 1.05. The zero-order valence-corrected chi connectivity index (χ0v) is 10.0. The lowest BCUT2D eigenvalue weighted by molar-refractivity contribution is -0.132. The van der Waals surface area contributed by atoms with Crippen LogP contribution in [0.5, 0.6) is 0 Å². The van der Waals surface area contributed by atoms with Crippen LogP contribution in [0.25, 0.3) is 0 Å². The first kappa shape index (κ1) is 9.98. The molecule has 1 aliphatic rings. The minimum Gasteiger partial charge on any atom is -0.422 e. The van der Waals surface area contributed by atoms with Crippen molar-refractivity contribution < 1.29 is 9.53 Å². The molecule has 0 fully saturated rings. The van der Waals surface area contributed by atoms with E-state index in [-0.39, 0.29) is 5.97 Å². The lowest BCUT2D eigenvalue weighted by Crippen LogP contribution is -1.93. The Morgan fingerprint density at radius 1 is 1.75 bits per heavy atom. The first-order chi connectivity index (χ1) is 5.63. The Morgan fingerprint density at radius 2 is 2.42 bits per heavy atom. The number of cyclic esters (lactones) is 1. The van der Waals surface area contributed by atoms with Crippen LogP contribution < -0.4 is 0 Å². The Kier molecular flexibility index (Phi) is 3.52. The van der Waals surface area contributed by atoms with Gasteiger partial charge in [-0.25, -0.2) is 4.79 Å². The van der Waals surface area contributed by atoms with E-state index in [1.807, 2.05) is 11.0 Å². The van der Waals surface area contributed by atoms with Gasteiger partial charge in [0.1, 0.15) is 10.2 Å². The third-order valence-corrected chi connectivity index (χ3v) is 2.75. The van der Waals surface area contributed by atoms with Gasteiger partial charge < -0.3 is 4.74 Å². The molecule has 12 heavy (non-hydrogen) atoms. The van der Waals surface area contributed by atoms with E-state index in [9.17, 15) is 4.79 Å². The summed E-state index contributed by atoms with van der Waals surface area (Å²) in [6, 6.07) is 0. The van der Waals surface area contributed by atoms with Crippen LogP contribution >= 0.6 is 38.5 Å². The van der Waals surface area contributed by atoms with Crippen molar-refractivity contribution in [2.24, 2.45) is 0 Å². The van der Waals surface area contributed by atoms with Gasteiger partial charge in [-0.05, 0) is 38.6 Å². The second-order valence-electron chi connectivity index (χ2n) is 2.28. The summed E-state index contributed by atoms with van der Waals surface area (Å²) in [7, 11) is 0. The molecule has 0 aromatic heterocycles. The summed E-state index contributed by atoms with van der Waals surface area (Å²) in [6.07, 6.45) is 3.46. The summed E-state index contributed by atoms with van der Waals surface area (Å²) in [4.78, 5) is 10.9. The maximum Gasteiger partial charge on any atom is 0.350 e. The van der Waals surface area contributed by atoms with Crippen molar-refractivity contribution in [1.29, 1.82) is 0 Å². The van der Waals surface area contributed by atoms with Crippen LogP contribution in [-0.2, 0) is 9.53 Å². The van der Waals surface area contributed by atoms with Crippen molar-refractivity contribution in [1.82, 2.24) is 0 Å². The number of rotatable bonds is 1. The molecule has 1 heterocycles. The number of hydrogen-bond donors (Lipinski definition) is 0. The summed E-state index contributed by atoms with van der Waals surface area (Å²) in [5.74, 6) is 0.250. The minimum absolute atomic E-state index is 0.331. The summed E-state index contributed by atoms with van der Waals surface area (Å²) < 4.78 is 7.27. The van der Waals surface area contributed by atoms with Gasteiger partial charge in [0, 0.05) is 6.08 Å². The van der Waals surface area contributed by atoms with Gasteiger partial charge in [-0.2, -0.15) is 0 Å². The molecule has 1 rings (SSSR count). The van der Waals surface area contributed by atoms with E-state index in [0.29, 0.717) is 10.2 Å². The Morgan fingerprint density at radius 3 is 2.83 bits per heavy atom. The number of ether oxygens (including phenoxy) is 1. The first-order valence-corrected chi connectivity index (χ1v) is 5.25. The highest BCUT2D eigenvalue weighted by atomic mass is 127. The lowest BCUT2D eigenvalue weighted by Gasteiger charge is -1.94. The normalized spacial score (nSPS) is 21.2. The molecule has 1 aliphatic heterocycles. The number of carbonyl (C=O) groups excluding carboxylic acids is 1. The van der Waals surface area contributed by atoms with Crippen LogP contribution in [0.4, 0.5) is 0 Å². The van der Waals surface area contributed by atoms with Crippen molar-refractivity contribution in [3.8, 4) is 0 Å². The largest absolute Gasteiger partial charge is 0.422 e. The molecular weight excluding hydrogens is 335 g/mol. The number of allylic oxidation sites excluding steroid dienone is 3. The van der Waals surface area contributed by atoms with E-state index in [1.54, 1.807) is 12.2 Å². The molecule has 2 nitrogen and oxygen atoms in total. The van der Waals surface area contributed by atoms with E-state index in [4.69, 9.17) is 4.74 Å². The average Bonchev–Trinajstić information content (AvgIpc) is 2.31. The van der Waals surface area contributed by atoms with Crippen LogP contribution in [0.1, 0.15) is 6.92 Å². The number of esters is 1. The van der Waals surface area contributed by atoms with E-state index < -0.39 is 0 Å². The molecule has 0 atom stereocenters. The fourth-order valence-electron chi connectivity index (χ4n) is 0.696. The Balaban J connectivity index is 2.83. The fraction of sp³-hybridized carbons (Fsp3) is 0.125. The molecule has 0 aromatic rings. The number of halogens is 2. The van der Waals surface area contributed by atoms with Gasteiger partial charge in [-0.15, -0.1) is 0 Å². The summed E-state index contributed by atoms with van der Waals surface area (Å²) in [6.45, 7) is 1.94. The van der Waals surface area contributed by atoms with Crippen molar-refractivity contribution in [2.75, 3.05) is 0 Å². The fourth-order valence-corrected chi connectivity index (χ4v) is 1.18. The van der Waals surface area contributed by atoms with Crippen LogP contribution in [0.3, 0.4) is 0 Å². The first-order valence-electron chi connectivity index (χ1n) is 3.21. The van der Waals surface area contributed by atoms with Crippen LogP contribution in [0.15, 0.2) is 32.0 Å². The highest BCUT2D eigenvalue weighted by Gasteiger charge is 2.17. The Hall–Kier alpha value is -0.100. The predicted molar refractivity (Wildman–Crippen MR) is 59.0 cm³/mol. The molecule has 0 saturated heterocycles. The molecule has 0 unspecified atom stereocenters. The Bertz CT molecular complexity index is 302. The van der Waals surface area contributed by atoms with Crippen molar-refractivity contribution in [3.05, 3.63) is 32.0 Å². The van der Waals surface area contributed by atoms with Gasteiger partial charge >= 0.3 is 5.97 Å². The zero-order valence-electron chi connectivity index (χ0n) is 6.30. The zero-order chi connectivity index (χ0) is 9.14. The molecule has 0 saturated carbocycles. The highest BCUT2D eigenvalue weighted by Crippen LogP contribution is 2.22. The molecule has 0 aromatic carbocycles. The quantitative estimate of drug-likeness (QED) is 0.541. The molecule has 0 aliphatic carbocycles. The van der Waals surface area contributed by atoms with Gasteiger partial charge in [0.15, 0.2) is 0 Å². The van der Waals surface area contributed by atoms with Crippen LogP contribution in [0.2, 0.25) is 0 Å². The van der Waals surface area contributed by atoms with E-state index in [1.165, 1.54) is 0 Å². The SMILES string of the molecule is CC(/C=C1/C=C(Br)C(=O)O1)=C\I. The standard InChI is InChI=1S/C8H6BrIO2/c1-5(4-10)2-6-3-7(9)8(11)12-6/h2-4H,1H3/b5-4+,6-2-. The minimum atomic E-state index is -0.331. The molecule has 0 bridgehead atoms. The van der Waals surface area contributed by atoms with Gasteiger partial charge in [0.05, 0.1) is 0 Å². The van der Waals surface area contributed by atoms with Gasteiger partial charge in [-0.1, -0.05) is 22.6 Å². The average molecular weight is 341 g/mol. The monoisotopic (exact) mass is 340 g/mol. The van der Waals surface area contributed by atoms with E-state index >= 15 is 0 Å². The second kappa shape index (κ2) is 4.23. The Labute approximate surface area is 92.6 Å². The maximum atomic E-state index is 10.9. The van der Waals surface area contributed by atoms with Gasteiger partial charge in [-0.3, -0.25) is 0 Å². The van der Waals surface area contributed by atoms with Gasteiger partial charge in [0.2, 0.25) is 0 Å². The summed E-state index contributed by atoms with van der Waals surface area (Å²) in [5, 5.41) is 0. The highest BCUT2D eigenvalue weighted by molar-refractivity contribution is 14.1. The van der Waals surface area contributed by atoms with Crippen LogP contribution in [0, 0.1) is 0 Å². The van der Waals surface area contributed by atoms with Crippen molar-refractivity contribution in [3.63, 3.8) is 0 Å². The van der Waals surface area contributed by atoms with Gasteiger partial charge in [0.25, 0.3) is 0 Å². The molecule has 64 valence electrons. The van der Waals surface area contributed by atoms with E-state index in [2.05, 4.69) is 38.5 Å². The summed E-state index contributed by atoms with van der Waals surface area (Å²) >= 11 is 5.21. The van der Waals surface area contributed by atoms with E-state index in [0.717, 1.165) is 5.57 Å². The van der Waals surface area contributed by atoms with Crippen molar-refractivity contribution >= 4 is 44.5 Å². The molecule has 0 amide bonds. The molecule has 0 N–H and O–H groups in total. The third-order valence-electron chi connectivity index (χ3n) is 1.22. The van der Waals surface area contributed by atoms with Crippen molar-refractivity contribution in [2.45, 2.75) is 6.92 Å². The number of hydrogen-bond acceptors (Lipinski definition) is 2. The third kappa shape index (κ3) is 2.45. The smallest absolute Gasteiger partial charge is 0.350 e. The number of carbonyl (C=O) groups is 1. The lowest BCUT2D eigenvalue weighted by atomic mass is 10.3. The second-order valence-corrected chi connectivity index (χ2v) is 3.76. The topological polar surface area (TPSA) is 26.3 Å². The molecular formula is C8H6BrIO2.